The Labute approximate surface area is 154 Å². The van der Waals surface area contributed by atoms with Crippen LogP contribution in [0.5, 0.6) is 5.75 Å². The molecule has 0 spiro atoms. The number of carbonyl (C=O) groups is 1. The summed E-state index contributed by atoms with van der Waals surface area (Å²) in [6.45, 7) is 0.353. The summed E-state index contributed by atoms with van der Waals surface area (Å²) >= 11 is 0. The van der Waals surface area contributed by atoms with E-state index >= 15 is 0 Å². The first kappa shape index (κ1) is 16.7. The molecule has 4 aromatic rings. The average molecular weight is 359 g/mol. The van der Waals surface area contributed by atoms with E-state index in [0.717, 1.165) is 22.2 Å². The van der Waals surface area contributed by atoms with Gasteiger partial charge < -0.3 is 20.4 Å². The molecule has 0 bridgehead atoms. The van der Waals surface area contributed by atoms with Gasteiger partial charge in [-0.05, 0) is 53.1 Å². The first-order chi connectivity index (χ1) is 13.1. The van der Waals surface area contributed by atoms with Gasteiger partial charge in [0.25, 0.3) is 5.91 Å². The van der Waals surface area contributed by atoms with E-state index in [1.807, 2.05) is 30.3 Å². The third-order valence-corrected chi connectivity index (χ3v) is 4.36. The number of amides is 1. The van der Waals surface area contributed by atoms with Crippen molar-refractivity contribution in [2.45, 2.75) is 6.54 Å². The minimum Gasteiger partial charge on any atom is -0.508 e. The molecule has 1 heterocycles. The average Bonchev–Trinajstić information content (AvgIpc) is 3.06. The van der Waals surface area contributed by atoms with Crippen molar-refractivity contribution in [1.82, 2.24) is 15.3 Å². The summed E-state index contributed by atoms with van der Waals surface area (Å²) in [6.07, 6.45) is 0. The van der Waals surface area contributed by atoms with Gasteiger partial charge in [0, 0.05) is 12.1 Å². The maximum atomic E-state index is 12.5. The molecule has 6 nitrogen and oxygen atoms in total. The van der Waals surface area contributed by atoms with Gasteiger partial charge in [0.2, 0.25) is 0 Å². The molecule has 4 N–H and O–H groups in total. The lowest BCUT2D eigenvalue weighted by atomic mass is 10.0. The number of phenols is 1. The SMILES string of the molecule is O=C(NCc1ccc2[nH]c(=O)[nH]c2c1)c1cccc(-c2ccc(O)cc2)c1. The zero-order valence-corrected chi connectivity index (χ0v) is 14.3. The molecule has 0 saturated heterocycles. The van der Waals surface area contributed by atoms with Crippen LogP contribution in [0, 0.1) is 0 Å². The summed E-state index contributed by atoms with van der Waals surface area (Å²) in [4.78, 5) is 29.2. The predicted molar refractivity (Wildman–Crippen MR) is 104 cm³/mol. The van der Waals surface area contributed by atoms with Gasteiger partial charge in [-0.1, -0.05) is 30.3 Å². The van der Waals surface area contributed by atoms with Gasteiger partial charge in [-0.15, -0.1) is 0 Å². The fourth-order valence-electron chi connectivity index (χ4n) is 2.97. The quantitative estimate of drug-likeness (QED) is 0.450. The Bertz CT molecular complexity index is 1170. The number of benzene rings is 3. The molecule has 0 atom stereocenters. The summed E-state index contributed by atoms with van der Waals surface area (Å²) in [5, 5.41) is 12.3. The summed E-state index contributed by atoms with van der Waals surface area (Å²) < 4.78 is 0. The van der Waals surface area contributed by atoms with Crippen molar-refractivity contribution < 1.29 is 9.90 Å². The largest absolute Gasteiger partial charge is 0.508 e. The molecule has 0 aliphatic rings. The van der Waals surface area contributed by atoms with Crippen LogP contribution in [0.25, 0.3) is 22.2 Å². The second-order valence-corrected chi connectivity index (χ2v) is 6.27. The van der Waals surface area contributed by atoms with Gasteiger partial charge in [0.1, 0.15) is 5.75 Å². The minimum atomic E-state index is -0.253. The summed E-state index contributed by atoms with van der Waals surface area (Å²) in [5.41, 5.74) is 4.45. The van der Waals surface area contributed by atoms with Crippen molar-refractivity contribution >= 4 is 16.9 Å². The number of carbonyl (C=O) groups excluding carboxylic acids is 1. The van der Waals surface area contributed by atoms with Crippen LogP contribution < -0.4 is 11.0 Å². The third-order valence-electron chi connectivity index (χ3n) is 4.36. The minimum absolute atomic E-state index is 0.182. The second-order valence-electron chi connectivity index (χ2n) is 6.27. The molecule has 134 valence electrons. The van der Waals surface area contributed by atoms with Crippen molar-refractivity contribution in [2.75, 3.05) is 0 Å². The van der Waals surface area contributed by atoms with Crippen molar-refractivity contribution in [2.24, 2.45) is 0 Å². The molecule has 1 amide bonds. The molecule has 0 radical (unpaired) electrons. The van der Waals surface area contributed by atoms with Gasteiger partial charge in [-0.25, -0.2) is 4.79 Å². The lowest BCUT2D eigenvalue weighted by Crippen LogP contribution is -2.22. The lowest BCUT2D eigenvalue weighted by Gasteiger charge is -2.08. The topological polar surface area (TPSA) is 98.0 Å². The Morgan fingerprint density at radius 3 is 2.48 bits per heavy atom. The van der Waals surface area contributed by atoms with Crippen molar-refractivity contribution in [3.05, 3.63) is 88.3 Å². The van der Waals surface area contributed by atoms with Crippen LogP contribution in [0.4, 0.5) is 0 Å². The lowest BCUT2D eigenvalue weighted by molar-refractivity contribution is 0.0951. The molecule has 0 unspecified atom stereocenters. The smallest absolute Gasteiger partial charge is 0.323 e. The maximum Gasteiger partial charge on any atom is 0.323 e. The van der Waals surface area contributed by atoms with E-state index in [0.29, 0.717) is 17.6 Å². The van der Waals surface area contributed by atoms with E-state index in [4.69, 9.17) is 0 Å². The van der Waals surface area contributed by atoms with Gasteiger partial charge in [-0.2, -0.15) is 0 Å². The second kappa shape index (κ2) is 6.84. The molecule has 0 aliphatic carbocycles. The maximum absolute atomic E-state index is 12.5. The van der Waals surface area contributed by atoms with Crippen LogP contribution in [0.15, 0.2) is 71.5 Å². The number of aromatic nitrogens is 2. The fraction of sp³-hybridized carbons (Fsp3) is 0.0476. The van der Waals surface area contributed by atoms with E-state index in [2.05, 4.69) is 15.3 Å². The molecule has 6 heteroatoms. The molecule has 0 aliphatic heterocycles. The van der Waals surface area contributed by atoms with E-state index in [-0.39, 0.29) is 17.3 Å². The highest BCUT2D eigenvalue weighted by atomic mass is 16.3. The number of phenolic OH excluding ortho intramolecular Hbond substituents is 1. The molecule has 4 rings (SSSR count). The van der Waals surface area contributed by atoms with Crippen molar-refractivity contribution in [3.63, 3.8) is 0 Å². The number of hydrogen-bond acceptors (Lipinski definition) is 3. The number of imidazole rings is 1. The highest BCUT2D eigenvalue weighted by Gasteiger charge is 2.08. The molecule has 0 fully saturated rings. The monoisotopic (exact) mass is 359 g/mol. The Kier molecular flexibility index (Phi) is 4.22. The van der Waals surface area contributed by atoms with Crippen molar-refractivity contribution in [3.8, 4) is 16.9 Å². The molecule has 1 aromatic heterocycles. The van der Waals surface area contributed by atoms with Gasteiger partial charge in [-0.3, -0.25) is 4.79 Å². The zero-order valence-electron chi connectivity index (χ0n) is 14.3. The Balaban J connectivity index is 1.49. The predicted octanol–water partition coefficient (Wildman–Crippen LogP) is 3.16. The standard InChI is InChI=1S/C21H17N3O3/c25-17-7-5-14(6-8-17)15-2-1-3-16(11-15)20(26)22-12-13-4-9-18-19(10-13)24-21(27)23-18/h1-11,25H,12H2,(H,22,26)(H2,23,24,27). The molecular weight excluding hydrogens is 342 g/mol. The van der Waals surface area contributed by atoms with E-state index < -0.39 is 0 Å². The van der Waals surface area contributed by atoms with Crippen molar-refractivity contribution in [1.29, 1.82) is 0 Å². The summed E-state index contributed by atoms with van der Waals surface area (Å²) in [6, 6.07) is 19.7. The number of fused-ring (bicyclic) bond motifs is 1. The number of hydrogen-bond donors (Lipinski definition) is 4. The zero-order chi connectivity index (χ0) is 18.8. The Morgan fingerprint density at radius 2 is 1.67 bits per heavy atom. The van der Waals surface area contributed by atoms with Gasteiger partial charge >= 0.3 is 5.69 Å². The van der Waals surface area contributed by atoms with E-state index in [1.54, 1.807) is 36.4 Å². The van der Waals surface area contributed by atoms with Crippen LogP contribution in [-0.2, 0) is 6.54 Å². The van der Waals surface area contributed by atoms with E-state index in [9.17, 15) is 14.7 Å². The number of rotatable bonds is 4. The van der Waals surface area contributed by atoms with Crippen LogP contribution in [0.2, 0.25) is 0 Å². The normalized spacial score (nSPS) is 10.8. The van der Waals surface area contributed by atoms with Crippen LogP contribution in [-0.4, -0.2) is 21.0 Å². The first-order valence-electron chi connectivity index (χ1n) is 8.47. The molecule has 0 saturated carbocycles. The highest BCUT2D eigenvalue weighted by Crippen LogP contribution is 2.22. The van der Waals surface area contributed by atoms with E-state index in [1.165, 1.54) is 0 Å². The Morgan fingerprint density at radius 1 is 0.889 bits per heavy atom. The number of H-pyrrole nitrogens is 2. The number of aromatic amines is 2. The van der Waals surface area contributed by atoms with Crippen LogP contribution >= 0.6 is 0 Å². The molecular formula is C21H17N3O3. The third kappa shape index (κ3) is 3.59. The fourth-order valence-corrected chi connectivity index (χ4v) is 2.97. The van der Waals surface area contributed by atoms with Gasteiger partial charge in [0.05, 0.1) is 11.0 Å². The highest BCUT2D eigenvalue weighted by molar-refractivity contribution is 5.95. The number of aromatic hydroxyl groups is 1. The van der Waals surface area contributed by atoms with Gasteiger partial charge in [0.15, 0.2) is 0 Å². The summed E-state index contributed by atoms with van der Waals surface area (Å²) in [5.74, 6) is 0.0201. The first-order valence-corrected chi connectivity index (χ1v) is 8.47. The Hall–Kier alpha value is -3.80. The van der Waals surface area contributed by atoms with Crippen LogP contribution in [0.3, 0.4) is 0 Å². The van der Waals surface area contributed by atoms with Crippen LogP contribution in [0.1, 0.15) is 15.9 Å². The number of nitrogens with one attached hydrogen (secondary N) is 3. The molecule has 27 heavy (non-hydrogen) atoms. The summed E-state index contributed by atoms with van der Waals surface area (Å²) in [7, 11) is 0. The molecule has 3 aromatic carbocycles.